The van der Waals surface area contributed by atoms with Crippen molar-refractivity contribution in [1.29, 1.82) is 0 Å². The molecule has 1 aromatic rings. The van der Waals surface area contributed by atoms with E-state index in [4.69, 9.17) is 24.7 Å². The van der Waals surface area contributed by atoms with Crippen LogP contribution in [0.2, 0.25) is 0 Å². The highest BCUT2D eigenvalue weighted by Crippen LogP contribution is 2.34. The summed E-state index contributed by atoms with van der Waals surface area (Å²) in [5.74, 6) is -3.82. The van der Waals surface area contributed by atoms with Gasteiger partial charge in [-0.15, -0.1) is 0 Å². The van der Waals surface area contributed by atoms with Gasteiger partial charge in [0.25, 0.3) is 11.8 Å². The van der Waals surface area contributed by atoms with E-state index < -0.39 is 48.1 Å². The number of nitrogens with two attached hydrogens (primary N) is 1. The highest BCUT2D eigenvalue weighted by molar-refractivity contribution is 14.1. The summed E-state index contributed by atoms with van der Waals surface area (Å²) in [4.78, 5) is 71.7. The number of ether oxygens (including phenoxy) is 4. The second kappa shape index (κ2) is 16.2. The van der Waals surface area contributed by atoms with Gasteiger partial charge in [-0.2, -0.15) is 0 Å². The molecule has 0 aliphatic heterocycles. The summed E-state index contributed by atoms with van der Waals surface area (Å²) in [5, 5.41) is 5.10. The van der Waals surface area contributed by atoms with Crippen LogP contribution in [0.1, 0.15) is 61.3 Å². The van der Waals surface area contributed by atoms with E-state index in [1.54, 1.807) is 0 Å². The average Bonchev–Trinajstić information content (AvgIpc) is 2.76. The lowest BCUT2D eigenvalue weighted by molar-refractivity contribution is -0.151. The lowest BCUT2D eigenvalue weighted by atomic mass is 10.1. The van der Waals surface area contributed by atoms with Crippen molar-refractivity contribution in [3.63, 3.8) is 0 Å². The second-order valence-corrected chi connectivity index (χ2v) is 10.7. The largest absolute Gasteiger partial charge is 0.466 e. The molecule has 210 valence electrons. The van der Waals surface area contributed by atoms with Gasteiger partial charge in [-0.1, -0.05) is 0 Å². The summed E-state index contributed by atoms with van der Waals surface area (Å²) >= 11 is 5.55. The molecular weight excluding hydrogens is 847 g/mol. The topological polar surface area (TPSA) is 189 Å². The zero-order valence-corrected chi connectivity index (χ0v) is 27.2. The molecule has 2 unspecified atom stereocenters. The molecule has 1 aromatic carbocycles. The molecule has 1 rings (SSSR count). The third kappa shape index (κ3) is 11.0. The van der Waals surface area contributed by atoms with Gasteiger partial charge >= 0.3 is 23.9 Å². The van der Waals surface area contributed by atoms with Gasteiger partial charge in [0.05, 0.1) is 37.2 Å². The molecule has 2 amide bonds. The highest BCUT2D eigenvalue weighted by atomic mass is 127. The average molecular weight is 873 g/mol. The first-order valence-corrected chi connectivity index (χ1v) is 14.1. The minimum absolute atomic E-state index is 0.0162. The second-order valence-electron chi connectivity index (χ2n) is 7.51. The van der Waals surface area contributed by atoms with Crippen molar-refractivity contribution in [2.24, 2.45) is 0 Å². The van der Waals surface area contributed by atoms with Gasteiger partial charge in [0.2, 0.25) is 0 Å². The summed E-state index contributed by atoms with van der Waals surface area (Å²) in [6, 6.07) is 0. The molecule has 0 bridgehead atoms. The zero-order valence-electron chi connectivity index (χ0n) is 20.8. The van der Waals surface area contributed by atoms with Crippen LogP contribution in [0, 0.1) is 10.7 Å². The van der Waals surface area contributed by atoms with Crippen LogP contribution >= 0.6 is 67.8 Å². The molecule has 13 nitrogen and oxygen atoms in total. The molecule has 0 spiro atoms. The fourth-order valence-electron chi connectivity index (χ4n) is 2.86. The number of carbonyl (C=O) groups is 6. The lowest BCUT2D eigenvalue weighted by Gasteiger charge is -2.22. The van der Waals surface area contributed by atoms with Crippen molar-refractivity contribution in [1.82, 2.24) is 10.6 Å². The number of benzene rings is 1. The monoisotopic (exact) mass is 873 g/mol. The molecule has 0 aliphatic carbocycles. The Hall–Kier alpha value is -1.97. The summed E-state index contributed by atoms with van der Waals surface area (Å²) in [6.07, 6.45) is -2.29. The first-order valence-electron chi connectivity index (χ1n) is 10.8. The van der Waals surface area contributed by atoms with Crippen LogP contribution in [-0.2, 0) is 38.1 Å². The number of anilines is 1. The molecule has 2 atom stereocenters. The number of halogens is 3. The van der Waals surface area contributed by atoms with Crippen molar-refractivity contribution < 1.29 is 47.7 Å². The Morgan fingerprint density at radius 1 is 0.658 bits per heavy atom. The van der Waals surface area contributed by atoms with Crippen LogP contribution in [0.5, 0.6) is 0 Å². The van der Waals surface area contributed by atoms with Crippen molar-refractivity contribution in [2.45, 2.75) is 53.0 Å². The van der Waals surface area contributed by atoms with Crippen LogP contribution in [0.15, 0.2) is 0 Å². The molecular formula is C22H26I3N3O10. The summed E-state index contributed by atoms with van der Waals surface area (Å²) in [7, 11) is 0. The molecule has 4 N–H and O–H groups in total. The van der Waals surface area contributed by atoms with E-state index in [2.05, 4.69) is 10.6 Å². The molecule has 0 saturated heterocycles. The number of rotatable bonds is 12. The third-order valence-corrected chi connectivity index (χ3v) is 7.70. The minimum atomic E-state index is -1.13. The third-order valence-electron chi connectivity index (χ3n) is 4.38. The number of nitrogens with one attached hydrogen (secondary N) is 2. The van der Waals surface area contributed by atoms with Gasteiger partial charge < -0.3 is 35.3 Å². The standard InChI is InChI=1S/C22H26I3N3O10/c1-9(29)35-7-5-13(37-11(3)31)27-21(33)15-17(23)16(19(25)20(26)18(15)24)22(34)28-14(38-12(4)32)6-8-36-10(2)30/h13-14H,5-8,26H2,1-4H3,(H,27,33)(H,28,34). The van der Waals surface area contributed by atoms with Gasteiger partial charge in [-0.3, -0.25) is 28.8 Å². The molecule has 0 aromatic heterocycles. The minimum Gasteiger partial charge on any atom is -0.466 e. The molecule has 0 radical (unpaired) electrons. The van der Waals surface area contributed by atoms with E-state index in [9.17, 15) is 28.8 Å². The molecule has 0 fully saturated rings. The van der Waals surface area contributed by atoms with Gasteiger partial charge in [0, 0.05) is 44.1 Å². The number of carbonyl (C=O) groups excluding carboxylic acids is 6. The Morgan fingerprint density at radius 3 is 1.29 bits per heavy atom. The number of hydrogen-bond acceptors (Lipinski definition) is 11. The van der Waals surface area contributed by atoms with Gasteiger partial charge in [-0.05, 0) is 67.8 Å². The fraction of sp³-hybridized carbons (Fsp3) is 0.455. The SMILES string of the molecule is CC(=O)OCCC(NC(=O)c1c(I)c(N)c(I)c(C(=O)NC(CCOC(C)=O)OC(C)=O)c1I)OC(C)=O. The summed E-state index contributed by atoms with van der Waals surface area (Å²) in [6.45, 7) is 4.51. The fourth-order valence-corrected chi connectivity index (χ4v) is 7.01. The molecule has 38 heavy (non-hydrogen) atoms. The molecule has 0 heterocycles. The zero-order chi connectivity index (χ0) is 29.2. The lowest BCUT2D eigenvalue weighted by Crippen LogP contribution is -2.41. The van der Waals surface area contributed by atoms with Crippen LogP contribution in [0.3, 0.4) is 0 Å². The Kier molecular flexibility index (Phi) is 14.5. The van der Waals surface area contributed by atoms with E-state index in [0.29, 0.717) is 7.14 Å². The van der Waals surface area contributed by atoms with Crippen LogP contribution in [0.4, 0.5) is 5.69 Å². The highest BCUT2D eigenvalue weighted by Gasteiger charge is 2.30. The van der Waals surface area contributed by atoms with Crippen LogP contribution < -0.4 is 16.4 Å². The predicted octanol–water partition coefficient (Wildman–Crippen LogP) is 2.23. The Labute approximate surface area is 259 Å². The van der Waals surface area contributed by atoms with Crippen LogP contribution in [-0.4, -0.2) is 61.4 Å². The Bertz CT molecular complexity index is 1030. The van der Waals surface area contributed by atoms with E-state index in [0.717, 1.165) is 13.8 Å². The van der Waals surface area contributed by atoms with Gasteiger partial charge in [0.15, 0.2) is 12.5 Å². The molecule has 0 saturated carbocycles. The quantitative estimate of drug-likeness (QED) is 0.0919. The molecule has 16 heteroatoms. The van der Waals surface area contributed by atoms with E-state index in [1.165, 1.54) is 13.8 Å². The normalized spacial score (nSPS) is 12.0. The van der Waals surface area contributed by atoms with Crippen molar-refractivity contribution in [2.75, 3.05) is 18.9 Å². The van der Waals surface area contributed by atoms with Gasteiger partial charge in [0.1, 0.15) is 0 Å². The number of hydrogen-bond donors (Lipinski definition) is 3. The number of esters is 4. The van der Waals surface area contributed by atoms with Crippen LogP contribution in [0.25, 0.3) is 0 Å². The number of nitrogen functional groups attached to an aromatic ring is 1. The van der Waals surface area contributed by atoms with E-state index >= 15 is 0 Å². The van der Waals surface area contributed by atoms with Crippen molar-refractivity contribution in [3.8, 4) is 0 Å². The molecule has 0 aliphatic rings. The van der Waals surface area contributed by atoms with E-state index in [1.807, 2.05) is 67.8 Å². The Balaban J connectivity index is 3.31. The number of amides is 2. The summed E-state index contributed by atoms with van der Waals surface area (Å²) in [5.41, 5.74) is 6.45. The maximum absolute atomic E-state index is 13.3. The van der Waals surface area contributed by atoms with Crippen molar-refractivity contribution in [3.05, 3.63) is 21.8 Å². The van der Waals surface area contributed by atoms with Crippen molar-refractivity contribution >= 4 is 109 Å². The maximum atomic E-state index is 13.3. The Morgan fingerprint density at radius 2 is 1.00 bits per heavy atom. The first kappa shape index (κ1) is 34.1. The smallest absolute Gasteiger partial charge is 0.304 e. The van der Waals surface area contributed by atoms with Gasteiger partial charge in [-0.25, -0.2) is 0 Å². The predicted molar refractivity (Wildman–Crippen MR) is 158 cm³/mol. The maximum Gasteiger partial charge on any atom is 0.304 e. The summed E-state index contributed by atoms with van der Waals surface area (Å²) < 4.78 is 20.9. The van der Waals surface area contributed by atoms with E-state index in [-0.39, 0.29) is 46.4 Å². The first-order chi connectivity index (χ1) is 17.6.